The van der Waals surface area contributed by atoms with Crippen LogP contribution in [-0.2, 0) is 6.54 Å². The molecule has 4 aliphatic rings. The van der Waals surface area contributed by atoms with Crippen molar-refractivity contribution >= 4 is 16.8 Å². The number of aromatic nitrogens is 2. The first-order chi connectivity index (χ1) is 16.6. The molecule has 4 aliphatic carbocycles. The standard InChI is InChI=1S/C23H31N3O/c1-2-3-6-9-26-20-8-5-4-7-19(20)21(25-26)22(27)24-23-13-16-10-17(14-23)12-18(11-16)15-23/h4-5,7-8,16-18H,2-3,6,9-15H2,1H3,(H,24,27)/i1D3,2D2,3D2,6D2. The maximum Gasteiger partial charge on any atom is 0.272 e. The van der Waals surface area contributed by atoms with Crippen LogP contribution in [0, 0.1) is 17.8 Å². The van der Waals surface area contributed by atoms with Crippen LogP contribution < -0.4 is 5.32 Å². The van der Waals surface area contributed by atoms with E-state index in [0.29, 0.717) is 28.7 Å². The number of nitrogens with zero attached hydrogens (tertiary/aromatic N) is 2. The first-order valence-electron chi connectivity index (χ1n) is 14.3. The largest absolute Gasteiger partial charge is 0.345 e. The first kappa shape index (κ1) is 10.1. The molecule has 0 atom stereocenters. The van der Waals surface area contributed by atoms with Gasteiger partial charge in [-0.2, -0.15) is 5.10 Å². The van der Waals surface area contributed by atoms with Crippen molar-refractivity contribution in [2.24, 2.45) is 17.8 Å². The van der Waals surface area contributed by atoms with E-state index in [4.69, 9.17) is 12.3 Å². The smallest absolute Gasteiger partial charge is 0.272 e. The van der Waals surface area contributed by atoms with Gasteiger partial charge < -0.3 is 5.32 Å². The normalized spacial score (nSPS) is 38.5. The molecule has 1 N–H and O–H groups in total. The van der Waals surface area contributed by atoms with Gasteiger partial charge in [0.15, 0.2) is 5.69 Å². The molecule has 1 aromatic carbocycles. The highest BCUT2D eigenvalue weighted by atomic mass is 16.2. The fraction of sp³-hybridized carbons (Fsp3) is 0.652. The fourth-order valence-corrected chi connectivity index (χ4v) is 6.14. The lowest BCUT2D eigenvalue weighted by Crippen LogP contribution is -2.59. The second-order valence-electron chi connectivity index (χ2n) is 8.60. The third-order valence-corrected chi connectivity index (χ3v) is 6.67. The molecule has 4 bridgehead atoms. The van der Waals surface area contributed by atoms with E-state index in [1.807, 2.05) is 0 Å². The molecule has 4 heteroatoms. The number of benzene rings is 1. The number of amides is 1. The summed E-state index contributed by atoms with van der Waals surface area (Å²) >= 11 is 0. The fourth-order valence-electron chi connectivity index (χ4n) is 6.14. The van der Waals surface area contributed by atoms with Gasteiger partial charge in [-0.05, 0) is 68.7 Å². The van der Waals surface area contributed by atoms with Crippen molar-refractivity contribution in [3.63, 3.8) is 0 Å². The Balaban J connectivity index is 1.45. The topological polar surface area (TPSA) is 46.9 Å². The summed E-state index contributed by atoms with van der Waals surface area (Å²) < 4.78 is 72.1. The third-order valence-electron chi connectivity index (χ3n) is 6.67. The van der Waals surface area contributed by atoms with Crippen molar-refractivity contribution in [1.29, 1.82) is 0 Å². The SMILES string of the molecule is [2H]C([2H])([2H])C([2H])([2H])C([2H])([2H])C([2H])([2H])Cn1nc(C(=O)NC23CC4CC(CC(C4)C2)C3)c2ccccc21. The Morgan fingerprint density at radius 1 is 1.22 bits per heavy atom. The summed E-state index contributed by atoms with van der Waals surface area (Å²) in [5.74, 6) is 1.55. The quantitative estimate of drug-likeness (QED) is 0.779. The van der Waals surface area contributed by atoms with Gasteiger partial charge in [-0.1, -0.05) is 37.8 Å². The molecule has 27 heavy (non-hydrogen) atoms. The molecule has 1 amide bonds. The summed E-state index contributed by atoms with van der Waals surface area (Å²) in [7, 11) is 0. The maximum atomic E-state index is 13.5. The van der Waals surface area contributed by atoms with Gasteiger partial charge in [0.05, 0.1) is 5.52 Å². The number of hydrogen-bond donors (Lipinski definition) is 1. The molecule has 0 aliphatic heterocycles. The summed E-state index contributed by atoms with van der Waals surface area (Å²) in [6.45, 7) is -4.14. The van der Waals surface area contributed by atoms with Gasteiger partial charge in [0.2, 0.25) is 0 Å². The lowest BCUT2D eigenvalue weighted by Gasteiger charge is -2.56. The summed E-state index contributed by atoms with van der Waals surface area (Å²) in [5.41, 5.74) is 0.248. The second kappa shape index (κ2) is 6.65. The number of nitrogens with one attached hydrogen (secondary N) is 1. The number of para-hydroxylation sites is 1. The zero-order valence-electron chi connectivity index (χ0n) is 24.3. The Morgan fingerprint density at radius 3 is 2.63 bits per heavy atom. The maximum absolute atomic E-state index is 13.5. The van der Waals surface area contributed by atoms with Crippen LogP contribution in [0.25, 0.3) is 10.9 Å². The molecular formula is C23H31N3O. The molecule has 4 fully saturated rings. The van der Waals surface area contributed by atoms with Crippen molar-refractivity contribution < 1.29 is 17.1 Å². The number of carbonyl (C=O) groups excluding carboxylic acids is 1. The van der Waals surface area contributed by atoms with E-state index < -0.39 is 32.5 Å². The Kier molecular flexibility index (Phi) is 2.48. The van der Waals surface area contributed by atoms with Crippen LogP contribution in [0.4, 0.5) is 0 Å². The van der Waals surface area contributed by atoms with Crippen molar-refractivity contribution in [3.8, 4) is 0 Å². The number of carbonyl (C=O) groups is 1. The lowest BCUT2D eigenvalue weighted by molar-refractivity contribution is -0.0167. The Morgan fingerprint density at radius 2 is 1.93 bits per heavy atom. The zero-order chi connectivity index (χ0) is 26.3. The van der Waals surface area contributed by atoms with Crippen molar-refractivity contribution in [1.82, 2.24) is 15.1 Å². The van der Waals surface area contributed by atoms with Gasteiger partial charge >= 0.3 is 0 Å². The Bertz CT molecular complexity index is 1150. The predicted molar refractivity (Wildman–Crippen MR) is 108 cm³/mol. The molecule has 144 valence electrons. The van der Waals surface area contributed by atoms with Crippen molar-refractivity contribution in [2.45, 2.75) is 76.6 Å². The van der Waals surface area contributed by atoms with Crippen LogP contribution in [0.15, 0.2) is 24.3 Å². The average Bonchev–Trinajstić information content (AvgIpc) is 3.09. The van der Waals surface area contributed by atoms with E-state index in [1.54, 1.807) is 24.3 Å². The minimum absolute atomic E-state index is 0.108. The summed E-state index contributed by atoms with van der Waals surface area (Å²) in [6, 6.07) is 6.75. The highest BCUT2D eigenvalue weighted by Crippen LogP contribution is 2.55. The molecule has 0 unspecified atom stereocenters. The molecule has 6 rings (SSSR count). The molecule has 0 radical (unpaired) electrons. The third kappa shape index (κ3) is 3.07. The average molecular weight is 375 g/mol. The number of fused-ring (bicyclic) bond motifs is 1. The number of aryl methyl sites for hydroxylation is 1. The summed E-state index contributed by atoms with van der Waals surface area (Å²) in [6.07, 6.45) is -3.23. The molecule has 0 saturated heterocycles. The van der Waals surface area contributed by atoms with Gasteiger partial charge in [-0.3, -0.25) is 9.48 Å². The molecule has 1 aromatic heterocycles. The van der Waals surface area contributed by atoms with E-state index in [1.165, 1.54) is 19.3 Å². The second-order valence-corrected chi connectivity index (χ2v) is 8.60. The first-order valence-corrected chi connectivity index (χ1v) is 9.83. The van der Waals surface area contributed by atoms with E-state index in [2.05, 4.69) is 10.4 Å². The van der Waals surface area contributed by atoms with Crippen LogP contribution in [0.1, 0.15) is 87.3 Å². The van der Waals surface area contributed by atoms with E-state index >= 15 is 0 Å². The molecule has 4 nitrogen and oxygen atoms in total. The Labute approximate surface area is 174 Å². The van der Waals surface area contributed by atoms with Crippen LogP contribution >= 0.6 is 0 Å². The van der Waals surface area contributed by atoms with Crippen LogP contribution in [0.5, 0.6) is 0 Å². The minimum Gasteiger partial charge on any atom is -0.345 e. The van der Waals surface area contributed by atoms with Gasteiger partial charge in [-0.15, -0.1) is 0 Å². The van der Waals surface area contributed by atoms with E-state index in [-0.39, 0.29) is 17.1 Å². The van der Waals surface area contributed by atoms with Gasteiger partial charge in [0.25, 0.3) is 5.91 Å². The monoisotopic (exact) mass is 374 g/mol. The lowest BCUT2D eigenvalue weighted by atomic mass is 9.53. The van der Waals surface area contributed by atoms with E-state index in [9.17, 15) is 4.79 Å². The van der Waals surface area contributed by atoms with Gasteiger partial charge in [-0.25, -0.2) is 0 Å². The van der Waals surface area contributed by atoms with E-state index in [0.717, 1.165) is 23.9 Å². The minimum atomic E-state index is -3.45. The van der Waals surface area contributed by atoms with Crippen LogP contribution in [-0.4, -0.2) is 21.2 Å². The van der Waals surface area contributed by atoms with Crippen LogP contribution in [0.2, 0.25) is 0 Å². The van der Waals surface area contributed by atoms with Crippen molar-refractivity contribution in [3.05, 3.63) is 30.0 Å². The van der Waals surface area contributed by atoms with Crippen molar-refractivity contribution in [2.75, 3.05) is 0 Å². The summed E-state index contributed by atoms with van der Waals surface area (Å²) in [4.78, 5) is 13.5. The summed E-state index contributed by atoms with van der Waals surface area (Å²) in [5, 5.41) is 8.11. The van der Waals surface area contributed by atoms with Crippen LogP contribution in [0.3, 0.4) is 0 Å². The molecule has 1 heterocycles. The number of hydrogen-bond acceptors (Lipinski definition) is 2. The predicted octanol–water partition coefficient (Wildman–Crippen LogP) is 4.93. The highest BCUT2D eigenvalue weighted by molar-refractivity contribution is 6.05. The van der Waals surface area contributed by atoms with Gasteiger partial charge in [0, 0.05) is 29.8 Å². The highest BCUT2D eigenvalue weighted by Gasteiger charge is 2.51. The molecule has 0 spiro atoms. The number of rotatable bonds is 6. The molecular weight excluding hydrogens is 334 g/mol. The molecule has 2 aromatic rings. The Hall–Kier alpha value is -1.84. The zero-order valence-corrected chi connectivity index (χ0v) is 15.3. The van der Waals surface area contributed by atoms with Gasteiger partial charge in [0.1, 0.15) is 0 Å². The molecule has 4 saturated carbocycles.